The van der Waals surface area contributed by atoms with E-state index in [9.17, 15) is 4.79 Å². The molecular formula is C14H14BrNO2. The van der Waals surface area contributed by atoms with Gasteiger partial charge >= 0.3 is 0 Å². The van der Waals surface area contributed by atoms with E-state index in [1.54, 1.807) is 13.2 Å². The van der Waals surface area contributed by atoms with Crippen molar-refractivity contribution in [1.82, 2.24) is 4.57 Å². The SMILES string of the molecule is COc1cccc(-n2cc(CBr)c(=O)cc2C)c1. The molecule has 0 unspecified atom stereocenters. The first-order chi connectivity index (χ1) is 8.65. The predicted molar refractivity (Wildman–Crippen MR) is 76.0 cm³/mol. The fraction of sp³-hybridized carbons (Fsp3) is 0.214. The summed E-state index contributed by atoms with van der Waals surface area (Å²) in [6, 6.07) is 9.40. The monoisotopic (exact) mass is 307 g/mol. The topological polar surface area (TPSA) is 31.2 Å². The van der Waals surface area contributed by atoms with Gasteiger partial charge in [-0.05, 0) is 19.1 Å². The van der Waals surface area contributed by atoms with E-state index in [-0.39, 0.29) is 5.43 Å². The number of pyridine rings is 1. The van der Waals surface area contributed by atoms with Crippen LogP contribution in [0.15, 0.2) is 41.3 Å². The molecule has 0 fully saturated rings. The number of rotatable bonds is 3. The Hall–Kier alpha value is -1.55. The van der Waals surface area contributed by atoms with E-state index in [1.807, 2.05) is 42.0 Å². The van der Waals surface area contributed by atoms with E-state index in [0.29, 0.717) is 5.33 Å². The number of halogens is 1. The van der Waals surface area contributed by atoms with Crippen molar-refractivity contribution >= 4 is 15.9 Å². The van der Waals surface area contributed by atoms with Crippen molar-refractivity contribution in [3.05, 3.63) is 58.0 Å². The van der Waals surface area contributed by atoms with Gasteiger partial charge in [0.15, 0.2) is 5.43 Å². The summed E-state index contributed by atoms with van der Waals surface area (Å²) in [5, 5.41) is 0.552. The molecule has 3 nitrogen and oxygen atoms in total. The third kappa shape index (κ3) is 2.48. The highest BCUT2D eigenvalue weighted by Crippen LogP contribution is 2.18. The second-order valence-corrected chi connectivity index (χ2v) is 4.57. The van der Waals surface area contributed by atoms with E-state index >= 15 is 0 Å². The quantitative estimate of drug-likeness (QED) is 0.816. The molecule has 0 aliphatic rings. The van der Waals surface area contributed by atoms with Gasteiger partial charge in [-0.2, -0.15) is 0 Å². The van der Waals surface area contributed by atoms with Gasteiger partial charge in [-0.15, -0.1) is 0 Å². The van der Waals surface area contributed by atoms with Crippen molar-refractivity contribution in [3.63, 3.8) is 0 Å². The molecular weight excluding hydrogens is 294 g/mol. The molecule has 1 aromatic carbocycles. The van der Waals surface area contributed by atoms with Gasteiger partial charge in [0.2, 0.25) is 0 Å². The van der Waals surface area contributed by atoms with E-state index in [0.717, 1.165) is 22.7 Å². The molecule has 1 heterocycles. The molecule has 0 radical (unpaired) electrons. The Kier molecular flexibility index (Phi) is 3.87. The minimum atomic E-state index is 0.0588. The lowest BCUT2D eigenvalue weighted by Gasteiger charge is -2.13. The average Bonchev–Trinajstić information content (AvgIpc) is 2.39. The number of benzene rings is 1. The first-order valence-electron chi connectivity index (χ1n) is 5.58. The number of hydrogen-bond acceptors (Lipinski definition) is 2. The molecule has 0 N–H and O–H groups in total. The zero-order valence-corrected chi connectivity index (χ0v) is 11.9. The lowest BCUT2D eigenvalue weighted by molar-refractivity contribution is 0.414. The molecule has 94 valence electrons. The van der Waals surface area contributed by atoms with Gasteiger partial charge in [0, 0.05) is 40.6 Å². The number of aromatic nitrogens is 1. The minimum Gasteiger partial charge on any atom is -0.497 e. The molecule has 0 bridgehead atoms. The normalized spacial score (nSPS) is 10.4. The van der Waals surface area contributed by atoms with Crippen molar-refractivity contribution in [2.75, 3.05) is 7.11 Å². The van der Waals surface area contributed by atoms with Gasteiger partial charge in [-0.3, -0.25) is 4.79 Å². The van der Waals surface area contributed by atoms with Crippen molar-refractivity contribution in [2.45, 2.75) is 12.3 Å². The number of alkyl halides is 1. The largest absolute Gasteiger partial charge is 0.497 e. The average molecular weight is 308 g/mol. The van der Waals surface area contributed by atoms with Gasteiger partial charge < -0.3 is 9.30 Å². The number of nitrogens with zero attached hydrogens (tertiary/aromatic N) is 1. The summed E-state index contributed by atoms with van der Waals surface area (Å²) in [4.78, 5) is 11.7. The molecule has 0 aliphatic heterocycles. The molecule has 1 aromatic heterocycles. The molecule has 4 heteroatoms. The maximum absolute atomic E-state index is 11.7. The molecule has 0 saturated heterocycles. The summed E-state index contributed by atoms with van der Waals surface area (Å²) >= 11 is 3.33. The highest BCUT2D eigenvalue weighted by molar-refractivity contribution is 9.08. The molecule has 0 atom stereocenters. The van der Waals surface area contributed by atoms with E-state index in [2.05, 4.69) is 15.9 Å². The van der Waals surface area contributed by atoms with Crippen LogP contribution in [0.3, 0.4) is 0 Å². The van der Waals surface area contributed by atoms with Crippen molar-refractivity contribution in [3.8, 4) is 11.4 Å². The summed E-state index contributed by atoms with van der Waals surface area (Å²) in [6.45, 7) is 1.92. The van der Waals surface area contributed by atoms with Gasteiger partial charge in [0.05, 0.1) is 7.11 Å². The zero-order chi connectivity index (χ0) is 13.1. The Balaban J connectivity index is 2.59. The van der Waals surface area contributed by atoms with E-state index < -0.39 is 0 Å². The summed E-state index contributed by atoms with van der Waals surface area (Å²) in [5.74, 6) is 0.797. The summed E-state index contributed by atoms with van der Waals surface area (Å²) in [6.07, 6.45) is 1.86. The van der Waals surface area contributed by atoms with Crippen LogP contribution in [0.25, 0.3) is 5.69 Å². The summed E-state index contributed by atoms with van der Waals surface area (Å²) < 4.78 is 7.20. The first kappa shape index (κ1) is 12.9. The van der Waals surface area contributed by atoms with Crippen LogP contribution < -0.4 is 10.2 Å². The third-order valence-electron chi connectivity index (χ3n) is 2.80. The molecule has 0 aliphatic carbocycles. The standard InChI is InChI=1S/C14H14BrNO2/c1-10-6-14(17)11(8-15)9-16(10)12-4-3-5-13(7-12)18-2/h3-7,9H,8H2,1-2H3. The maximum atomic E-state index is 11.7. The Morgan fingerprint density at radius 1 is 1.33 bits per heavy atom. The van der Waals surface area contributed by atoms with Crippen molar-refractivity contribution in [1.29, 1.82) is 0 Å². The Morgan fingerprint density at radius 2 is 2.11 bits per heavy atom. The third-order valence-corrected chi connectivity index (χ3v) is 3.40. The first-order valence-corrected chi connectivity index (χ1v) is 6.70. The van der Waals surface area contributed by atoms with Crippen LogP contribution in [0, 0.1) is 6.92 Å². The minimum absolute atomic E-state index is 0.0588. The fourth-order valence-corrected chi connectivity index (χ4v) is 2.23. The van der Waals surface area contributed by atoms with Gasteiger partial charge in [-0.1, -0.05) is 22.0 Å². The molecule has 0 amide bonds. The lowest BCUT2D eigenvalue weighted by Crippen LogP contribution is -2.12. The van der Waals surface area contributed by atoms with Crippen LogP contribution in [0.4, 0.5) is 0 Å². The smallest absolute Gasteiger partial charge is 0.185 e. The predicted octanol–water partition coefficient (Wildman–Crippen LogP) is 3.05. The van der Waals surface area contributed by atoms with Crippen molar-refractivity contribution < 1.29 is 4.74 Å². The summed E-state index contributed by atoms with van der Waals surface area (Å²) in [5.41, 5.74) is 2.68. The summed E-state index contributed by atoms with van der Waals surface area (Å²) in [7, 11) is 1.64. The highest BCUT2D eigenvalue weighted by atomic mass is 79.9. The van der Waals surface area contributed by atoms with E-state index in [4.69, 9.17) is 4.74 Å². The maximum Gasteiger partial charge on any atom is 0.185 e. The van der Waals surface area contributed by atoms with Crippen LogP contribution in [0.1, 0.15) is 11.3 Å². The fourth-order valence-electron chi connectivity index (χ4n) is 1.81. The highest BCUT2D eigenvalue weighted by Gasteiger charge is 2.05. The lowest BCUT2D eigenvalue weighted by atomic mass is 10.2. The molecule has 0 saturated carbocycles. The molecule has 18 heavy (non-hydrogen) atoms. The Bertz CT molecular complexity index is 619. The van der Waals surface area contributed by atoms with Crippen LogP contribution >= 0.6 is 15.9 Å². The van der Waals surface area contributed by atoms with Crippen molar-refractivity contribution in [2.24, 2.45) is 0 Å². The number of hydrogen-bond donors (Lipinski definition) is 0. The second-order valence-electron chi connectivity index (χ2n) is 4.01. The number of methoxy groups -OCH3 is 1. The van der Waals surface area contributed by atoms with Crippen LogP contribution in [-0.4, -0.2) is 11.7 Å². The van der Waals surface area contributed by atoms with Crippen LogP contribution in [0.5, 0.6) is 5.75 Å². The molecule has 2 rings (SSSR count). The number of ether oxygens (including phenoxy) is 1. The van der Waals surface area contributed by atoms with Crippen LogP contribution in [-0.2, 0) is 5.33 Å². The Labute approximate surface area is 114 Å². The van der Waals surface area contributed by atoms with E-state index in [1.165, 1.54) is 0 Å². The van der Waals surface area contributed by atoms with Gasteiger partial charge in [0.1, 0.15) is 5.75 Å². The molecule has 0 spiro atoms. The number of aryl methyl sites for hydroxylation is 1. The molecule has 2 aromatic rings. The van der Waals surface area contributed by atoms with Crippen LogP contribution in [0.2, 0.25) is 0 Å². The zero-order valence-electron chi connectivity index (χ0n) is 10.3. The second kappa shape index (κ2) is 5.40. The Morgan fingerprint density at radius 3 is 2.78 bits per heavy atom. The van der Waals surface area contributed by atoms with Gasteiger partial charge in [0.25, 0.3) is 0 Å². The van der Waals surface area contributed by atoms with Gasteiger partial charge in [-0.25, -0.2) is 0 Å².